The van der Waals surface area contributed by atoms with Crippen LogP contribution in [-0.2, 0) is 14.8 Å². The third-order valence-corrected chi connectivity index (χ3v) is 4.11. The van der Waals surface area contributed by atoms with Crippen molar-refractivity contribution in [3.8, 4) is 0 Å². The summed E-state index contributed by atoms with van der Waals surface area (Å²) >= 11 is 6.17. The van der Waals surface area contributed by atoms with Crippen LogP contribution in [0.15, 0.2) is 24.3 Å². The van der Waals surface area contributed by atoms with E-state index in [9.17, 15) is 13.2 Å². The molecule has 118 valence electrons. The van der Waals surface area contributed by atoms with Gasteiger partial charge in [0, 0.05) is 5.02 Å². The maximum atomic E-state index is 12.1. The number of amides is 1. The van der Waals surface area contributed by atoms with E-state index in [0.29, 0.717) is 5.02 Å². The van der Waals surface area contributed by atoms with Crippen LogP contribution in [0, 0.1) is 5.92 Å². The lowest BCUT2D eigenvalue weighted by molar-refractivity contribution is -0.123. The van der Waals surface area contributed by atoms with Gasteiger partial charge in [-0.2, -0.15) is 0 Å². The highest BCUT2D eigenvalue weighted by atomic mass is 35.5. The van der Waals surface area contributed by atoms with Crippen LogP contribution in [0.1, 0.15) is 32.4 Å². The quantitative estimate of drug-likeness (QED) is 0.837. The third kappa shape index (κ3) is 5.65. The maximum Gasteiger partial charge on any atom is 0.238 e. The molecule has 0 saturated carbocycles. The Bertz CT molecular complexity index is 602. The fraction of sp³-hybridized carbons (Fsp3) is 0.500. The molecule has 0 aromatic heterocycles. The van der Waals surface area contributed by atoms with E-state index in [-0.39, 0.29) is 17.9 Å². The second kappa shape index (κ2) is 7.24. The van der Waals surface area contributed by atoms with Crippen molar-refractivity contribution in [1.29, 1.82) is 0 Å². The first kappa shape index (κ1) is 17.9. The first-order valence-electron chi connectivity index (χ1n) is 6.64. The standard InChI is InChI=1S/C14H21ClN2O3S/c1-9(2)13(11-7-5-6-8-12(11)15)16-14(18)10(3)17-21(4,19)20/h5-10,13,17H,1-4H3,(H,16,18). The molecule has 0 fully saturated rings. The van der Waals surface area contributed by atoms with E-state index in [1.54, 1.807) is 6.07 Å². The molecule has 0 heterocycles. The molecule has 0 aliphatic carbocycles. The van der Waals surface area contributed by atoms with Gasteiger partial charge >= 0.3 is 0 Å². The van der Waals surface area contributed by atoms with E-state index in [1.165, 1.54) is 6.92 Å². The van der Waals surface area contributed by atoms with Crippen LogP contribution < -0.4 is 10.0 Å². The molecule has 0 bridgehead atoms. The van der Waals surface area contributed by atoms with E-state index in [4.69, 9.17) is 11.6 Å². The van der Waals surface area contributed by atoms with Gasteiger partial charge in [-0.3, -0.25) is 4.79 Å². The number of nitrogens with one attached hydrogen (secondary N) is 2. The van der Waals surface area contributed by atoms with Gasteiger partial charge in [0.2, 0.25) is 15.9 Å². The summed E-state index contributed by atoms with van der Waals surface area (Å²) in [6.07, 6.45) is 1.02. The average molecular weight is 333 g/mol. The summed E-state index contributed by atoms with van der Waals surface area (Å²) in [5.74, 6) is -0.279. The molecule has 7 heteroatoms. The summed E-state index contributed by atoms with van der Waals surface area (Å²) in [6.45, 7) is 5.42. The summed E-state index contributed by atoms with van der Waals surface area (Å²) in [6, 6.07) is 6.15. The number of sulfonamides is 1. The Morgan fingerprint density at radius 3 is 2.24 bits per heavy atom. The first-order valence-corrected chi connectivity index (χ1v) is 8.91. The van der Waals surface area contributed by atoms with Gasteiger partial charge in [0.05, 0.1) is 18.3 Å². The Morgan fingerprint density at radius 2 is 1.76 bits per heavy atom. The molecule has 2 unspecified atom stereocenters. The third-order valence-electron chi connectivity index (χ3n) is 2.99. The van der Waals surface area contributed by atoms with Crippen LogP contribution in [0.2, 0.25) is 5.02 Å². The van der Waals surface area contributed by atoms with Gasteiger partial charge in [0.25, 0.3) is 0 Å². The van der Waals surface area contributed by atoms with Crippen LogP contribution in [0.4, 0.5) is 0 Å². The van der Waals surface area contributed by atoms with Crippen molar-refractivity contribution < 1.29 is 13.2 Å². The molecule has 2 N–H and O–H groups in total. The number of benzene rings is 1. The van der Waals surface area contributed by atoms with Crippen LogP contribution in [-0.4, -0.2) is 26.6 Å². The smallest absolute Gasteiger partial charge is 0.238 e. The number of hydrogen-bond donors (Lipinski definition) is 2. The molecule has 5 nitrogen and oxygen atoms in total. The summed E-state index contributed by atoms with van der Waals surface area (Å²) in [5.41, 5.74) is 0.814. The molecule has 1 aromatic carbocycles. The molecule has 2 atom stereocenters. The number of halogens is 1. The van der Waals surface area contributed by atoms with E-state index in [0.717, 1.165) is 11.8 Å². The van der Waals surface area contributed by atoms with Crippen LogP contribution in [0.25, 0.3) is 0 Å². The van der Waals surface area contributed by atoms with E-state index < -0.39 is 16.1 Å². The number of hydrogen-bond acceptors (Lipinski definition) is 3. The Morgan fingerprint density at radius 1 is 1.19 bits per heavy atom. The zero-order chi connectivity index (χ0) is 16.2. The molecule has 0 spiro atoms. The molecule has 0 aliphatic heterocycles. The Hall–Kier alpha value is -1.11. The van der Waals surface area contributed by atoms with Gasteiger partial charge in [-0.1, -0.05) is 43.6 Å². The van der Waals surface area contributed by atoms with Gasteiger partial charge in [-0.15, -0.1) is 0 Å². The van der Waals surface area contributed by atoms with Crippen LogP contribution >= 0.6 is 11.6 Å². The Labute approximate surface area is 131 Å². The highest BCUT2D eigenvalue weighted by Gasteiger charge is 2.24. The minimum atomic E-state index is -3.43. The SMILES string of the molecule is CC(NS(C)(=O)=O)C(=O)NC(c1ccccc1Cl)C(C)C. The molecule has 0 saturated heterocycles. The Kier molecular flexibility index (Phi) is 6.19. The normalized spacial score (nSPS) is 14.8. The van der Waals surface area contributed by atoms with Crippen molar-refractivity contribution in [2.45, 2.75) is 32.9 Å². The predicted molar refractivity (Wildman–Crippen MR) is 84.6 cm³/mol. The van der Waals surface area contributed by atoms with E-state index >= 15 is 0 Å². The van der Waals surface area contributed by atoms with Gasteiger partial charge < -0.3 is 5.32 Å². The topological polar surface area (TPSA) is 75.3 Å². The fourth-order valence-electron chi connectivity index (χ4n) is 1.98. The minimum Gasteiger partial charge on any atom is -0.348 e. The molecule has 21 heavy (non-hydrogen) atoms. The molecule has 0 radical (unpaired) electrons. The Balaban J connectivity index is 2.90. The summed E-state index contributed by atoms with van der Waals surface area (Å²) in [4.78, 5) is 12.1. The van der Waals surface area contributed by atoms with Crippen LogP contribution in [0.5, 0.6) is 0 Å². The molecule has 0 aliphatic rings. The predicted octanol–water partition coefficient (Wildman–Crippen LogP) is 2.09. The van der Waals surface area contributed by atoms with Crippen molar-refractivity contribution in [2.75, 3.05) is 6.26 Å². The van der Waals surface area contributed by atoms with Gasteiger partial charge in [0.15, 0.2) is 0 Å². The second-order valence-electron chi connectivity index (χ2n) is 5.36. The van der Waals surface area contributed by atoms with Crippen molar-refractivity contribution in [2.24, 2.45) is 5.92 Å². The summed E-state index contributed by atoms with van der Waals surface area (Å²) in [5, 5.41) is 3.42. The lowest BCUT2D eigenvalue weighted by atomic mass is 9.95. The lowest BCUT2D eigenvalue weighted by Crippen LogP contribution is -2.46. The van der Waals surface area contributed by atoms with Gasteiger partial charge in [0.1, 0.15) is 0 Å². The molecule has 1 amide bonds. The number of rotatable bonds is 6. The maximum absolute atomic E-state index is 12.1. The highest BCUT2D eigenvalue weighted by molar-refractivity contribution is 7.88. The van der Waals surface area contributed by atoms with Crippen molar-refractivity contribution in [3.63, 3.8) is 0 Å². The van der Waals surface area contributed by atoms with Gasteiger partial charge in [-0.25, -0.2) is 13.1 Å². The van der Waals surface area contributed by atoms with Crippen molar-refractivity contribution in [1.82, 2.24) is 10.0 Å². The van der Waals surface area contributed by atoms with Crippen molar-refractivity contribution in [3.05, 3.63) is 34.9 Å². The largest absolute Gasteiger partial charge is 0.348 e. The fourth-order valence-corrected chi connectivity index (χ4v) is 2.99. The average Bonchev–Trinajstić information content (AvgIpc) is 2.34. The molecule has 1 aromatic rings. The molecule has 1 rings (SSSR count). The summed E-state index contributed by atoms with van der Waals surface area (Å²) in [7, 11) is -3.43. The zero-order valence-electron chi connectivity index (χ0n) is 12.6. The van der Waals surface area contributed by atoms with Gasteiger partial charge in [-0.05, 0) is 24.5 Å². The highest BCUT2D eigenvalue weighted by Crippen LogP contribution is 2.28. The van der Waals surface area contributed by atoms with E-state index in [1.807, 2.05) is 32.0 Å². The number of carbonyl (C=O) groups excluding carboxylic acids is 1. The van der Waals surface area contributed by atoms with Crippen LogP contribution in [0.3, 0.4) is 0 Å². The first-order chi connectivity index (χ1) is 9.61. The zero-order valence-corrected chi connectivity index (χ0v) is 14.1. The summed E-state index contributed by atoms with van der Waals surface area (Å²) < 4.78 is 24.6. The molecular weight excluding hydrogens is 312 g/mol. The minimum absolute atomic E-state index is 0.110. The second-order valence-corrected chi connectivity index (χ2v) is 7.55. The van der Waals surface area contributed by atoms with E-state index in [2.05, 4.69) is 10.0 Å². The monoisotopic (exact) mass is 332 g/mol. The lowest BCUT2D eigenvalue weighted by Gasteiger charge is -2.25. The molecular formula is C14H21ClN2O3S. The van der Waals surface area contributed by atoms with Crippen molar-refractivity contribution >= 4 is 27.5 Å². The number of carbonyl (C=O) groups is 1.